The fourth-order valence-corrected chi connectivity index (χ4v) is 2.69. The minimum Gasteiger partial charge on any atom is -0.386 e. The molecule has 1 aromatic heterocycles. The number of aliphatic hydroxyl groups excluding tert-OH is 1. The Labute approximate surface area is 132 Å². The number of nitrogens with one attached hydrogen (secondary N) is 1. The second-order valence-electron chi connectivity index (χ2n) is 4.66. The van der Waals surface area contributed by atoms with Crippen LogP contribution in [0.25, 0.3) is 0 Å². The van der Waals surface area contributed by atoms with Crippen molar-refractivity contribution >= 4 is 29.1 Å². The minimum absolute atomic E-state index is 0.0105. The van der Waals surface area contributed by atoms with Crippen LogP contribution in [0, 0.1) is 6.92 Å². The van der Waals surface area contributed by atoms with E-state index in [9.17, 15) is 9.90 Å². The SMILES string of the molecule is Cc1nn(C)cc1C(=O)NCC(O)c1c(Cl)cccc1Cl. The number of benzene rings is 1. The smallest absolute Gasteiger partial charge is 0.254 e. The number of aryl methyl sites for hydroxylation is 2. The molecular weight excluding hydrogens is 313 g/mol. The molecule has 0 fully saturated rings. The lowest BCUT2D eigenvalue weighted by atomic mass is 10.1. The van der Waals surface area contributed by atoms with Crippen LogP contribution in [-0.2, 0) is 7.05 Å². The predicted molar refractivity (Wildman–Crippen MR) is 81.7 cm³/mol. The van der Waals surface area contributed by atoms with Crippen molar-refractivity contribution < 1.29 is 9.90 Å². The van der Waals surface area contributed by atoms with Gasteiger partial charge in [0.2, 0.25) is 0 Å². The zero-order valence-corrected chi connectivity index (χ0v) is 13.1. The molecule has 21 heavy (non-hydrogen) atoms. The average molecular weight is 328 g/mol. The molecule has 0 saturated carbocycles. The molecule has 0 radical (unpaired) electrons. The van der Waals surface area contributed by atoms with E-state index in [1.165, 1.54) is 0 Å². The number of hydrogen-bond acceptors (Lipinski definition) is 3. The van der Waals surface area contributed by atoms with Crippen molar-refractivity contribution in [2.75, 3.05) is 6.54 Å². The number of nitrogens with zero attached hydrogens (tertiary/aromatic N) is 2. The van der Waals surface area contributed by atoms with Crippen LogP contribution >= 0.6 is 23.2 Å². The third-order valence-corrected chi connectivity index (χ3v) is 3.71. The summed E-state index contributed by atoms with van der Waals surface area (Å²) in [5.41, 5.74) is 1.50. The van der Waals surface area contributed by atoms with Gasteiger partial charge in [0.1, 0.15) is 0 Å². The maximum absolute atomic E-state index is 12.0. The Kier molecular flexibility index (Phi) is 4.88. The lowest BCUT2D eigenvalue weighted by Crippen LogP contribution is -2.28. The first kappa shape index (κ1) is 15.8. The molecule has 0 aliphatic heterocycles. The van der Waals surface area contributed by atoms with Gasteiger partial charge in [-0.05, 0) is 19.1 Å². The van der Waals surface area contributed by atoms with Gasteiger partial charge in [-0.2, -0.15) is 5.10 Å². The van der Waals surface area contributed by atoms with Crippen LogP contribution in [0.1, 0.15) is 27.7 Å². The molecule has 0 aliphatic carbocycles. The van der Waals surface area contributed by atoms with Crippen molar-refractivity contribution in [3.8, 4) is 0 Å². The summed E-state index contributed by atoms with van der Waals surface area (Å²) in [5, 5.41) is 17.6. The molecule has 0 bridgehead atoms. The lowest BCUT2D eigenvalue weighted by Gasteiger charge is -2.15. The Morgan fingerprint density at radius 1 is 1.43 bits per heavy atom. The van der Waals surface area contributed by atoms with Crippen LogP contribution in [0.2, 0.25) is 10.0 Å². The summed E-state index contributed by atoms with van der Waals surface area (Å²) in [5.74, 6) is -0.303. The summed E-state index contributed by atoms with van der Waals surface area (Å²) < 4.78 is 1.56. The average Bonchev–Trinajstić information content (AvgIpc) is 2.75. The van der Waals surface area contributed by atoms with Gasteiger partial charge in [0, 0.05) is 35.4 Å². The third-order valence-electron chi connectivity index (χ3n) is 3.05. The van der Waals surface area contributed by atoms with Gasteiger partial charge < -0.3 is 10.4 Å². The Bertz CT molecular complexity index is 650. The van der Waals surface area contributed by atoms with E-state index in [0.29, 0.717) is 26.9 Å². The number of carbonyl (C=O) groups excluding carboxylic acids is 1. The van der Waals surface area contributed by atoms with E-state index in [2.05, 4.69) is 10.4 Å². The van der Waals surface area contributed by atoms with Gasteiger partial charge in [0.25, 0.3) is 5.91 Å². The van der Waals surface area contributed by atoms with Crippen LogP contribution in [0.15, 0.2) is 24.4 Å². The highest BCUT2D eigenvalue weighted by Gasteiger charge is 2.18. The molecule has 0 spiro atoms. The number of amides is 1. The van der Waals surface area contributed by atoms with E-state index in [4.69, 9.17) is 23.2 Å². The van der Waals surface area contributed by atoms with Crippen molar-refractivity contribution in [1.82, 2.24) is 15.1 Å². The standard InChI is InChI=1S/C14H15Cl2N3O2/c1-8-9(7-19(2)18-8)14(21)17-6-12(20)13-10(15)4-3-5-11(13)16/h3-5,7,12,20H,6H2,1-2H3,(H,17,21). The van der Waals surface area contributed by atoms with Crippen molar-refractivity contribution in [3.63, 3.8) is 0 Å². The number of aromatic nitrogens is 2. The molecule has 5 nitrogen and oxygen atoms in total. The third kappa shape index (κ3) is 3.56. The van der Waals surface area contributed by atoms with Gasteiger partial charge in [0.05, 0.1) is 17.4 Å². The molecule has 1 unspecified atom stereocenters. The van der Waals surface area contributed by atoms with Crippen molar-refractivity contribution in [3.05, 3.63) is 51.3 Å². The highest BCUT2D eigenvalue weighted by molar-refractivity contribution is 6.36. The molecule has 1 heterocycles. The molecule has 2 aromatic rings. The first-order chi connectivity index (χ1) is 9.90. The molecule has 0 saturated heterocycles. The zero-order valence-electron chi connectivity index (χ0n) is 11.6. The number of halogens is 2. The molecule has 0 aliphatic rings. The van der Waals surface area contributed by atoms with Gasteiger partial charge in [-0.1, -0.05) is 29.3 Å². The van der Waals surface area contributed by atoms with Gasteiger partial charge in [-0.15, -0.1) is 0 Å². The monoisotopic (exact) mass is 327 g/mol. The van der Waals surface area contributed by atoms with Gasteiger partial charge in [0.15, 0.2) is 0 Å². The number of carbonyl (C=O) groups is 1. The lowest BCUT2D eigenvalue weighted by molar-refractivity contribution is 0.0915. The highest BCUT2D eigenvalue weighted by Crippen LogP contribution is 2.29. The fraction of sp³-hybridized carbons (Fsp3) is 0.286. The molecule has 1 amide bonds. The van der Waals surface area contributed by atoms with E-state index in [1.807, 2.05) is 0 Å². The highest BCUT2D eigenvalue weighted by atomic mass is 35.5. The minimum atomic E-state index is -0.980. The summed E-state index contributed by atoms with van der Waals surface area (Å²) in [4.78, 5) is 12.0. The topological polar surface area (TPSA) is 67.2 Å². The van der Waals surface area contributed by atoms with Crippen LogP contribution < -0.4 is 5.32 Å². The Morgan fingerprint density at radius 3 is 2.57 bits per heavy atom. The van der Waals surface area contributed by atoms with E-state index < -0.39 is 6.10 Å². The van der Waals surface area contributed by atoms with Crippen molar-refractivity contribution in [2.24, 2.45) is 7.05 Å². The summed E-state index contributed by atoms with van der Waals surface area (Å²) in [7, 11) is 1.74. The maximum atomic E-state index is 12.0. The van der Waals surface area contributed by atoms with Gasteiger partial charge in [-0.3, -0.25) is 9.48 Å². The Hall–Kier alpha value is -1.56. The Balaban J connectivity index is 2.06. The quantitative estimate of drug-likeness (QED) is 0.906. The molecule has 112 valence electrons. The van der Waals surface area contributed by atoms with E-state index in [0.717, 1.165) is 0 Å². The summed E-state index contributed by atoms with van der Waals surface area (Å²) in [6.07, 6.45) is 0.645. The van der Waals surface area contributed by atoms with Crippen molar-refractivity contribution in [1.29, 1.82) is 0 Å². The van der Waals surface area contributed by atoms with Crippen molar-refractivity contribution in [2.45, 2.75) is 13.0 Å². The predicted octanol–water partition coefficient (Wildman–Crippen LogP) is 2.50. The molecule has 2 rings (SSSR count). The van der Waals surface area contributed by atoms with E-state index in [-0.39, 0.29) is 12.5 Å². The van der Waals surface area contributed by atoms with Crippen LogP contribution in [0.5, 0.6) is 0 Å². The Morgan fingerprint density at radius 2 is 2.05 bits per heavy atom. The molecular formula is C14H15Cl2N3O2. The molecule has 7 heteroatoms. The van der Waals surface area contributed by atoms with Crippen LogP contribution in [0.3, 0.4) is 0 Å². The summed E-state index contributed by atoms with van der Waals surface area (Å²) in [6.45, 7) is 1.76. The second kappa shape index (κ2) is 6.47. The fourth-order valence-electron chi connectivity index (χ4n) is 2.04. The summed E-state index contributed by atoms with van der Waals surface area (Å²) in [6, 6.07) is 4.97. The molecule has 2 N–H and O–H groups in total. The van der Waals surface area contributed by atoms with Crippen LogP contribution in [0.4, 0.5) is 0 Å². The largest absolute Gasteiger partial charge is 0.386 e. The molecule has 1 atom stereocenters. The first-order valence-corrected chi connectivity index (χ1v) is 7.06. The zero-order chi connectivity index (χ0) is 15.6. The maximum Gasteiger partial charge on any atom is 0.254 e. The number of rotatable bonds is 4. The van der Waals surface area contributed by atoms with Gasteiger partial charge >= 0.3 is 0 Å². The normalized spacial score (nSPS) is 12.2. The van der Waals surface area contributed by atoms with E-state index >= 15 is 0 Å². The van der Waals surface area contributed by atoms with Gasteiger partial charge in [-0.25, -0.2) is 0 Å². The second-order valence-corrected chi connectivity index (χ2v) is 5.48. The summed E-state index contributed by atoms with van der Waals surface area (Å²) >= 11 is 12.0. The van der Waals surface area contributed by atoms with E-state index in [1.54, 1.807) is 43.0 Å². The first-order valence-electron chi connectivity index (χ1n) is 6.30. The van der Waals surface area contributed by atoms with Crippen LogP contribution in [-0.4, -0.2) is 27.3 Å². The number of aliphatic hydroxyl groups is 1. The number of hydrogen-bond donors (Lipinski definition) is 2. The molecule has 1 aromatic carbocycles.